The number of hydrogen-bond acceptors (Lipinski definition) is 6. The summed E-state index contributed by atoms with van der Waals surface area (Å²) in [5, 5.41) is 21.6. The van der Waals surface area contributed by atoms with Crippen molar-refractivity contribution in [3.05, 3.63) is 23.8 Å². The summed E-state index contributed by atoms with van der Waals surface area (Å²) >= 11 is 3.88. The minimum Gasteiger partial charge on any atom is -0.450 e. The smallest absolute Gasteiger partial charge is 0.306 e. The van der Waals surface area contributed by atoms with Crippen molar-refractivity contribution in [3.8, 4) is 0 Å². The molecule has 6 nitrogen and oxygen atoms in total. The molecule has 0 aromatic rings. The molecule has 0 aromatic heterocycles. The monoisotopic (exact) mass is 522 g/mol. The molecule has 0 bridgehead atoms. The van der Waals surface area contributed by atoms with Gasteiger partial charge in [0.1, 0.15) is 6.61 Å². The van der Waals surface area contributed by atoms with Gasteiger partial charge in [0.15, 0.2) is 11.4 Å². The maximum absolute atomic E-state index is 13.3. The van der Waals surface area contributed by atoms with Gasteiger partial charge in [-0.1, -0.05) is 55.3 Å². The molecular formula is C26H35BrO6. The standard InChI is InChI=1S/C26H35BrO6/c1-5-6-21(32)33-26(20(31)13-28)14(2)9-17-22-18(27)11-15-10-16(29)7-8-24(15,3)23(22)19(30)12-25(17,26)4/h7-8,10,14,17-19,22-23,28,30H,5-6,9,11-13H2,1-4H3/t14-,17+,18-,19+,22-,23+,24+,25+,26-/m1/s1. The van der Waals surface area contributed by atoms with Crippen LogP contribution in [-0.2, 0) is 19.1 Å². The quantitative estimate of drug-likeness (QED) is 0.423. The van der Waals surface area contributed by atoms with Crippen molar-refractivity contribution in [1.82, 2.24) is 0 Å². The van der Waals surface area contributed by atoms with Crippen molar-refractivity contribution < 1.29 is 29.3 Å². The average molecular weight is 523 g/mol. The number of ether oxygens (including phenoxy) is 1. The van der Waals surface area contributed by atoms with Crippen LogP contribution in [0.15, 0.2) is 23.8 Å². The van der Waals surface area contributed by atoms with Gasteiger partial charge in [-0.05, 0) is 49.7 Å². The van der Waals surface area contributed by atoms with Gasteiger partial charge in [-0.25, -0.2) is 0 Å². The van der Waals surface area contributed by atoms with Crippen LogP contribution < -0.4 is 0 Å². The van der Waals surface area contributed by atoms with E-state index < -0.39 is 40.9 Å². The van der Waals surface area contributed by atoms with Gasteiger partial charge in [0.2, 0.25) is 5.78 Å². The normalized spacial score (nSPS) is 46.2. The number of hydrogen-bond donors (Lipinski definition) is 2. The second-order valence-corrected chi connectivity index (χ2v) is 12.2. The van der Waals surface area contributed by atoms with Crippen LogP contribution in [0.2, 0.25) is 0 Å². The van der Waals surface area contributed by atoms with Crippen LogP contribution in [0.5, 0.6) is 0 Å². The molecule has 33 heavy (non-hydrogen) atoms. The molecule has 0 aliphatic heterocycles. The first kappa shape index (κ1) is 24.8. The number of rotatable bonds is 5. The number of halogens is 1. The highest BCUT2D eigenvalue weighted by atomic mass is 79.9. The van der Waals surface area contributed by atoms with E-state index in [1.807, 2.05) is 26.8 Å². The van der Waals surface area contributed by atoms with Crippen molar-refractivity contribution in [2.24, 2.45) is 34.5 Å². The van der Waals surface area contributed by atoms with Gasteiger partial charge in [0.25, 0.3) is 0 Å². The summed E-state index contributed by atoms with van der Waals surface area (Å²) in [6, 6.07) is 0. The Hall–Kier alpha value is -1.31. The first-order chi connectivity index (χ1) is 15.5. The Kier molecular flexibility index (Phi) is 6.33. The Balaban J connectivity index is 1.82. The lowest BCUT2D eigenvalue weighted by atomic mass is 9.46. The lowest BCUT2D eigenvalue weighted by Gasteiger charge is -2.61. The van der Waals surface area contributed by atoms with Crippen LogP contribution >= 0.6 is 15.9 Å². The van der Waals surface area contributed by atoms with E-state index in [1.165, 1.54) is 0 Å². The van der Waals surface area contributed by atoms with Crippen molar-refractivity contribution in [2.75, 3.05) is 6.61 Å². The first-order valence-electron chi connectivity index (χ1n) is 12.1. The van der Waals surface area contributed by atoms with Gasteiger partial charge in [-0.3, -0.25) is 14.4 Å². The number of allylic oxidation sites excluding steroid dienone is 4. The fourth-order valence-electron chi connectivity index (χ4n) is 7.98. The lowest BCUT2D eigenvalue weighted by Crippen LogP contribution is -2.65. The Bertz CT molecular complexity index is 926. The molecular weight excluding hydrogens is 488 g/mol. The molecule has 3 saturated carbocycles. The number of esters is 1. The summed E-state index contributed by atoms with van der Waals surface area (Å²) in [6.07, 6.45) is 6.92. The summed E-state index contributed by atoms with van der Waals surface area (Å²) in [5.41, 5.74) is -1.70. The van der Waals surface area contributed by atoms with Crippen LogP contribution in [0, 0.1) is 34.5 Å². The Morgan fingerprint density at radius 3 is 2.64 bits per heavy atom. The number of aliphatic hydroxyl groups excluding tert-OH is 2. The number of aliphatic hydroxyl groups is 2. The zero-order chi connectivity index (χ0) is 24.3. The van der Waals surface area contributed by atoms with E-state index in [9.17, 15) is 24.6 Å². The molecule has 0 radical (unpaired) electrons. The van der Waals surface area contributed by atoms with Gasteiger partial charge in [-0.2, -0.15) is 0 Å². The SMILES string of the molecule is CCCC(=O)O[C@@]1(C(=O)CO)[C@H](C)C[C@H]2[C@H]3[C@H]([C@@H](O)C[C@@]21C)[C@@]1(C)C=CC(=O)C=C1C[C@H]3Br. The van der Waals surface area contributed by atoms with E-state index in [4.69, 9.17) is 4.74 Å². The highest BCUT2D eigenvalue weighted by molar-refractivity contribution is 9.09. The van der Waals surface area contributed by atoms with E-state index in [-0.39, 0.29) is 40.7 Å². The maximum atomic E-state index is 13.3. The van der Waals surface area contributed by atoms with E-state index in [0.717, 1.165) is 5.57 Å². The summed E-state index contributed by atoms with van der Waals surface area (Å²) in [6.45, 7) is 7.15. The molecule has 4 aliphatic carbocycles. The molecule has 0 amide bonds. The maximum Gasteiger partial charge on any atom is 0.306 e. The van der Waals surface area contributed by atoms with Gasteiger partial charge in [0.05, 0.1) is 6.10 Å². The van der Waals surface area contributed by atoms with Crippen molar-refractivity contribution in [1.29, 1.82) is 0 Å². The van der Waals surface area contributed by atoms with E-state index in [2.05, 4.69) is 22.9 Å². The molecule has 4 aliphatic rings. The van der Waals surface area contributed by atoms with E-state index >= 15 is 0 Å². The molecule has 0 saturated heterocycles. The molecule has 0 heterocycles. The van der Waals surface area contributed by atoms with Gasteiger partial charge in [0, 0.05) is 33.9 Å². The summed E-state index contributed by atoms with van der Waals surface area (Å²) in [7, 11) is 0. The second-order valence-electron chi connectivity index (χ2n) is 11.0. The number of carbonyl (C=O) groups is 3. The van der Waals surface area contributed by atoms with Crippen molar-refractivity contribution in [2.45, 2.75) is 76.3 Å². The first-order valence-corrected chi connectivity index (χ1v) is 13.0. The minimum absolute atomic E-state index is 0.000366. The minimum atomic E-state index is -1.47. The Labute approximate surface area is 204 Å². The predicted molar refractivity (Wildman–Crippen MR) is 126 cm³/mol. The van der Waals surface area contributed by atoms with Crippen LogP contribution in [0.3, 0.4) is 0 Å². The summed E-state index contributed by atoms with van der Waals surface area (Å²) in [4.78, 5) is 38.1. The third-order valence-electron chi connectivity index (χ3n) is 9.31. The lowest BCUT2D eigenvalue weighted by molar-refractivity contribution is -0.204. The topological polar surface area (TPSA) is 101 Å². The zero-order valence-corrected chi connectivity index (χ0v) is 21.4. The summed E-state index contributed by atoms with van der Waals surface area (Å²) < 4.78 is 6.04. The molecule has 9 atom stereocenters. The number of alkyl halides is 1. The van der Waals surface area contributed by atoms with Crippen LogP contribution in [0.1, 0.15) is 59.8 Å². The van der Waals surface area contributed by atoms with Crippen LogP contribution in [-0.4, -0.2) is 50.9 Å². The molecule has 0 spiro atoms. The third kappa shape index (κ3) is 3.36. The van der Waals surface area contributed by atoms with E-state index in [1.54, 1.807) is 12.2 Å². The Morgan fingerprint density at radius 2 is 2.00 bits per heavy atom. The Morgan fingerprint density at radius 1 is 1.30 bits per heavy atom. The summed E-state index contributed by atoms with van der Waals surface area (Å²) in [5.74, 6) is -1.35. The van der Waals surface area contributed by atoms with Gasteiger partial charge < -0.3 is 14.9 Å². The molecule has 7 heteroatoms. The predicted octanol–water partition coefficient (Wildman–Crippen LogP) is 3.53. The van der Waals surface area contributed by atoms with E-state index in [0.29, 0.717) is 25.7 Å². The second kappa shape index (κ2) is 8.42. The molecule has 0 unspecified atom stereocenters. The zero-order valence-electron chi connectivity index (χ0n) is 19.8. The molecule has 182 valence electrons. The van der Waals surface area contributed by atoms with Crippen LogP contribution in [0.25, 0.3) is 0 Å². The third-order valence-corrected chi connectivity index (χ3v) is 10.2. The highest BCUT2D eigenvalue weighted by Gasteiger charge is 2.73. The fraction of sp³-hybridized carbons (Fsp3) is 0.731. The van der Waals surface area contributed by atoms with Crippen LogP contribution in [0.4, 0.5) is 0 Å². The molecule has 0 aromatic carbocycles. The number of Topliss-reactive ketones (excluding diaryl/α,β-unsaturated/α-hetero) is 1. The molecule has 4 rings (SSSR count). The van der Waals surface area contributed by atoms with Gasteiger partial charge in [-0.15, -0.1) is 0 Å². The largest absolute Gasteiger partial charge is 0.450 e. The molecule has 2 N–H and O–H groups in total. The number of ketones is 2. The number of carbonyl (C=O) groups excluding carboxylic acids is 3. The van der Waals surface area contributed by atoms with Gasteiger partial charge >= 0.3 is 5.97 Å². The average Bonchev–Trinajstić information content (AvgIpc) is 2.96. The molecule has 3 fully saturated rings. The highest BCUT2D eigenvalue weighted by Crippen LogP contribution is 2.69. The fourth-order valence-corrected chi connectivity index (χ4v) is 9.03. The number of fused-ring (bicyclic) bond motifs is 5. The van der Waals surface area contributed by atoms with Crippen molar-refractivity contribution >= 4 is 33.5 Å². The van der Waals surface area contributed by atoms with Crippen molar-refractivity contribution in [3.63, 3.8) is 0 Å².